The number of halogens is 1. The van der Waals surface area contributed by atoms with Crippen molar-refractivity contribution < 1.29 is 0 Å². The maximum atomic E-state index is 4.85. The summed E-state index contributed by atoms with van der Waals surface area (Å²) in [5.41, 5.74) is 0. The average molecular weight is 351 g/mol. The predicted octanol–water partition coefficient (Wildman–Crippen LogP) is 3.04. The minimum atomic E-state index is 0.611. The van der Waals surface area contributed by atoms with Gasteiger partial charge in [0.1, 0.15) is 16.2 Å². The fraction of sp³-hybridized carbons (Fsp3) is 0.750. The van der Waals surface area contributed by atoms with Gasteiger partial charge < -0.3 is 9.80 Å². The number of piperidine rings is 2. The quantitative estimate of drug-likeness (QED) is 0.767. The lowest BCUT2D eigenvalue weighted by atomic mass is 9.84. The SMILES string of the molecule is CN1CCCC2CN(c3cc(Br)nc(C4CC4)n3)CCC21. The van der Waals surface area contributed by atoms with Gasteiger partial charge in [0.15, 0.2) is 0 Å². The van der Waals surface area contributed by atoms with Crippen LogP contribution in [0.3, 0.4) is 0 Å². The molecule has 0 N–H and O–H groups in total. The summed E-state index contributed by atoms with van der Waals surface area (Å²) in [6.45, 7) is 3.55. The van der Waals surface area contributed by atoms with Gasteiger partial charge in [0.2, 0.25) is 0 Å². The maximum Gasteiger partial charge on any atom is 0.135 e. The summed E-state index contributed by atoms with van der Waals surface area (Å²) in [6, 6.07) is 2.88. The van der Waals surface area contributed by atoms with E-state index in [-0.39, 0.29) is 0 Å². The molecule has 0 bridgehead atoms. The van der Waals surface area contributed by atoms with E-state index in [1.807, 2.05) is 0 Å². The summed E-state index contributed by atoms with van der Waals surface area (Å²) in [6.07, 6.45) is 6.48. The molecule has 1 aromatic heterocycles. The van der Waals surface area contributed by atoms with Crippen molar-refractivity contribution in [1.82, 2.24) is 14.9 Å². The molecule has 1 saturated carbocycles. The normalized spacial score (nSPS) is 30.3. The van der Waals surface area contributed by atoms with Crippen molar-refractivity contribution in [2.45, 2.75) is 44.1 Å². The van der Waals surface area contributed by atoms with Gasteiger partial charge in [-0.05, 0) is 67.5 Å². The molecule has 3 fully saturated rings. The van der Waals surface area contributed by atoms with Gasteiger partial charge in [-0.1, -0.05) is 0 Å². The Bertz CT molecular complexity index is 531. The van der Waals surface area contributed by atoms with Crippen molar-refractivity contribution in [2.24, 2.45) is 5.92 Å². The maximum absolute atomic E-state index is 4.85. The van der Waals surface area contributed by atoms with Crippen LogP contribution in [0.25, 0.3) is 0 Å². The van der Waals surface area contributed by atoms with Gasteiger partial charge in [0, 0.05) is 31.1 Å². The molecule has 0 amide bonds. The molecule has 0 radical (unpaired) electrons. The highest BCUT2D eigenvalue weighted by atomic mass is 79.9. The van der Waals surface area contributed by atoms with Gasteiger partial charge in [-0.25, -0.2) is 9.97 Å². The minimum absolute atomic E-state index is 0.611. The third-order valence-electron chi connectivity index (χ3n) is 5.31. The molecule has 4 rings (SSSR count). The molecule has 0 spiro atoms. The molecule has 2 aliphatic heterocycles. The second-order valence-electron chi connectivity index (χ2n) is 6.87. The van der Waals surface area contributed by atoms with Gasteiger partial charge in [0.05, 0.1) is 0 Å². The standard InChI is InChI=1S/C16H23BrN4/c1-20-7-2-3-12-10-21(8-6-13(12)20)15-9-14(17)18-16(19-15)11-4-5-11/h9,11-13H,2-8,10H2,1H3. The van der Waals surface area contributed by atoms with E-state index in [1.54, 1.807) is 0 Å². The second-order valence-corrected chi connectivity index (χ2v) is 7.68. The number of hydrogen-bond donors (Lipinski definition) is 0. The van der Waals surface area contributed by atoms with Crippen molar-refractivity contribution in [3.8, 4) is 0 Å². The van der Waals surface area contributed by atoms with E-state index in [1.165, 1.54) is 38.6 Å². The highest BCUT2D eigenvalue weighted by Crippen LogP contribution is 2.39. The van der Waals surface area contributed by atoms with E-state index in [9.17, 15) is 0 Å². The Kier molecular flexibility index (Phi) is 3.66. The van der Waals surface area contributed by atoms with Crippen molar-refractivity contribution in [3.63, 3.8) is 0 Å². The van der Waals surface area contributed by atoms with E-state index in [0.717, 1.165) is 41.3 Å². The smallest absolute Gasteiger partial charge is 0.135 e. The number of fused-ring (bicyclic) bond motifs is 1. The molecule has 1 aromatic rings. The summed E-state index contributed by atoms with van der Waals surface area (Å²) in [5, 5.41) is 0. The van der Waals surface area contributed by atoms with Crippen LogP contribution in [0.4, 0.5) is 5.82 Å². The Balaban J connectivity index is 1.54. The molecule has 2 saturated heterocycles. The van der Waals surface area contributed by atoms with Crippen molar-refractivity contribution in [2.75, 3.05) is 31.6 Å². The second kappa shape index (κ2) is 5.51. The molecule has 4 nitrogen and oxygen atoms in total. The van der Waals surface area contributed by atoms with Crippen LogP contribution in [-0.4, -0.2) is 47.6 Å². The molecule has 114 valence electrons. The molecule has 21 heavy (non-hydrogen) atoms. The minimum Gasteiger partial charge on any atom is -0.356 e. The zero-order valence-corrected chi connectivity index (χ0v) is 14.2. The number of aromatic nitrogens is 2. The van der Waals surface area contributed by atoms with E-state index in [0.29, 0.717) is 5.92 Å². The third kappa shape index (κ3) is 2.82. The predicted molar refractivity (Wildman–Crippen MR) is 87.7 cm³/mol. The van der Waals surface area contributed by atoms with Crippen LogP contribution in [-0.2, 0) is 0 Å². The van der Waals surface area contributed by atoms with E-state index in [4.69, 9.17) is 4.98 Å². The zero-order chi connectivity index (χ0) is 14.4. The highest BCUT2D eigenvalue weighted by Gasteiger charge is 2.35. The summed E-state index contributed by atoms with van der Waals surface area (Å²) in [7, 11) is 2.29. The topological polar surface area (TPSA) is 32.3 Å². The van der Waals surface area contributed by atoms with E-state index >= 15 is 0 Å². The molecule has 2 unspecified atom stereocenters. The van der Waals surface area contributed by atoms with Crippen LogP contribution in [0.2, 0.25) is 0 Å². The Morgan fingerprint density at radius 1 is 1.14 bits per heavy atom. The van der Waals surface area contributed by atoms with Crippen LogP contribution in [0.5, 0.6) is 0 Å². The number of nitrogens with zero attached hydrogens (tertiary/aromatic N) is 4. The number of rotatable bonds is 2. The summed E-state index contributed by atoms with van der Waals surface area (Å²) in [5.74, 6) is 3.59. The largest absolute Gasteiger partial charge is 0.356 e. The molecule has 2 atom stereocenters. The van der Waals surface area contributed by atoms with Gasteiger partial charge in [-0.15, -0.1) is 0 Å². The first-order valence-electron chi connectivity index (χ1n) is 8.20. The van der Waals surface area contributed by atoms with Crippen LogP contribution < -0.4 is 4.90 Å². The van der Waals surface area contributed by atoms with Gasteiger partial charge in [-0.2, -0.15) is 0 Å². The third-order valence-corrected chi connectivity index (χ3v) is 5.72. The lowest BCUT2D eigenvalue weighted by Gasteiger charge is -2.46. The first kappa shape index (κ1) is 13.9. The molecular weight excluding hydrogens is 328 g/mol. The van der Waals surface area contributed by atoms with Crippen LogP contribution >= 0.6 is 15.9 Å². The molecule has 3 heterocycles. The van der Waals surface area contributed by atoms with E-state index < -0.39 is 0 Å². The fourth-order valence-corrected chi connectivity index (χ4v) is 4.36. The Morgan fingerprint density at radius 3 is 2.81 bits per heavy atom. The summed E-state index contributed by atoms with van der Waals surface area (Å²) >= 11 is 3.57. The molecular formula is C16H23BrN4. The number of hydrogen-bond acceptors (Lipinski definition) is 4. The Morgan fingerprint density at radius 2 is 2.00 bits per heavy atom. The van der Waals surface area contributed by atoms with Crippen LogP contribution in [0.1, 0.15) is 43.8 Å². The number of anilines is 1. The first-order valence-corrected chi connectivity index (χ1v) is 8.99. The van der Waals surface area contributed by atoms with E-state index in [2.05, 4.69) is 43.8 Å². The fourth-order valence-electron chi connectivity index (χ4n) is 3.97. The molecule has 3 aliphatic rings. The molecule has 0 aromatic carbocycles. The Hall–Kier alpha value is -0.680. The lowest BCUT2D eigenvalue weighted by molar-refractivity contribution is 0.102. The monoisotopic (exact) mass is 350 g/mol. The van der Waals surface area contributed by atoms with Crippen molar-refractivity contribution in [1.29, 1.82) is 0 Å². The van der Waals surface area contributed by atoms with Crippen molar-refractivity contribution in [3.05, 3.63) is 16.5 Å². The average Bonchev–Trinajstić information content (AvgIpc) is 3.31. The first-order chi connectivity index (χ1) is 10.2. The summed E-state index contributed by atoms with van der Waals surface area (Å²) in [4.78, 5) is 14.5. The van der Waals surface area contributed by atoms with Crippen LogP contribution in [0, 0.1) is 5.92 Å². The number of likely N-dealkylation sites (tertiary alicyclic amines) is 1. The van der Waals surface area contributed by atoms with Gasteiger partial charge in [-0.3, -0.25) is 0 Å². The Labute approximate surface area is 135 Å². The van der Waals surface area contributed by atoms with Crippen LogP contribution in [0.15, 0.2) is 10.7 Å². The lowest BCUT2D eigenvalue weighted by Crippen LogP contribution is -2.53. The highest BCUT2D eigenvalue weighted by molar-refractivity contribution is 9.10. The van der Waals surface area contributed by atoms with Crippen molar-refractivity contribution >= 4 is 21.7 Å². The molecule has 1 aliphatic carbocycles. The summed E-state index contributed by atoms with van der Waals surface area (Å²) < 4.78 is 0.942. The van der Waals surface area contributed by atoms with Gasteiger partial charge in [0.25, 0.3) is 0 Å². The van der Waals surface area contributed by atoms with Gasteiger partial charge >= 0.3 is 0 Å². The zero-order valence-electron chi connectivity index (χ0n) is 12.6. The molecule has 5 heteroatoms.